The van der Waals surface area contributed by atoms with Gasteiger partial charge in [0, 0.05) is 18.0 Å². The van der Waals surface area contributed by atoms with Crippen LogP contribution in [-0.2, 0) is 0 Å². The van der Waals surface area contributed by atoms with Crippen LogP contribution < -0.4 is 4.74 Å². The van der Waals surface area contributed by atoms with Crippen molar-refractivity contribution in [1.29, 1.82) is 0 Å². The molecule has 0 N–H and O–H groups in total. The van der Waals surface area contributed by atoms with E-state index in [1.54, 1.807) is 30.5 Å². The number of ketones is 1. The monoisotopic (exact) mass is 242 g/mol. The summed E-state index contributed by atoms with van der Waals surface area (Å²) in [6, 6.07) is 7.06. The summed E-state index contributed by atoms with van der Waals surface area (Å²) in [6.45, 7) is 2.73. The van der Waals surface area contributed by atoms with Crippen LogP contribution in [-0.4, -0.2) is 22.4 Å². The molecule has 1 aromatic heterocycles. The standard InChI is InChI=1S/C14H14N2O2/c1-2-9-18-12-5-3-11(4-6-12)14(17)13-10-15-7-8-16-13/h3-8,10H,2,9H2,1H3. The van der Waals surface area contributed by atoms with Gasteiger partial charge in [-0.2, -0.15) is 0 Å². The SMILES string of the molecule is CCCOc1ccc(C(=O)c2cnccn2)cc1. The fraction of sp³-hybridized carbons (Fsp3) is 0.214. The Hall–Kier alpha value is -2.23. The zero-order valence-corrected chi connectivity index (χ0v) is 10.2. The number of carbonyl (C=O) groups excluding carboxylic acids is 1. The topological polar surface area (TPSA) is 52.1 Å². The third kappa shape index (κ3) is 2.91. The van der Waals surface area contributed by atoms with Crippen molar-refractivity contribution < 1.29 is 9.53 Å². The van der Waals surface area contributed by atoms with Gasteiger partial charge in [-0.15, -0.1) is 0 Å². The Morgan fingerprint density at radius 2 is 2.00 bits per heavy atom. The quantitative estimate of drug-likeness (QED) is 0.756. The van der Waals surface area contributed by atoms with Crippen molar-refractivity contribution in [3.05, 3.63) is 54.1 Å². The van der Waals surface area contributed by atoms with E-state index in [2.05, 4.69) is 9.97 Å². The van der Waals surface area contributed by atoms with Crippen molar-refractivity contribution in [3.63, 3.8) is 0 Å². The molecule has 18 heavy (non-hydrogen) atoms. The fourth-order valence-electron chi connectivity index (χ4n) is 1.49. The van der Waals surface area contributed by atoms with E-state index in [4.69, 9.17) is 4.74 Å². The third-order valence-electron chi connectivity index (χ3n) is 2.39. The summed E-state index contributed by atoms with van der Waals surface area (Å²) < 4.78 is 5.46. The van der Waals surface area contributed by atoms with Gasteiger partial charge in [0.25, 0.3) is 0 Å². The second-order valence-electron chi connectivity index (χ2n) is 3.79. The van der Waals surface area contributed by atoms with Crippen LogP contribution in [0.2, 0.25) is 0 Å². The molecule has 0 spiro atoms. The molecule has 0 aliphatic rings. The fourth-order valence-corrected chi connectivity index (χ4v) is 1.49. The molecule has 92 valence electrons. The van der Waals surface area contributed by atoms with Gasteiger partial charge in [-0.25, -0.2) is 4.98 Å². The summed E-state index contributed by atoms with van der Waals surface area (Å²) in [6.07, 6.45) is 5.47. The van der Waals surface area contributed by atoms with Crippen molar-refractivity contribution in [1.82, 2.24) is 9.97 Å². The molecule has 4 heteroatoms. The van der Waals surface area contributed by atoms with E-state index in [0.29, 0.717) is 17.9 Å². The maximum atomic E-state index is 12.0. The van der Waals surface area contributed by atoms with Crippen molar-refractivity contribution in [2.24, 2.45) is 0 Å². The van der Waals surface area contributed by atoms with E-state index in [0.717, 1.165) is 12.2 Å². The summed E-state index contributed by atoms with van der Waals surface area (Å²) in [5.74, 6) is 0.637. The van der Waals surface area contributed by atoms with Crippen LogP contribution in [0.1, 0.15) is 29.4 Å². The van der Waals surface area contributed by atoms with E-state index >= 15 is 0 Å². The summed E-state index contributed by atoms with van der Waals surface area (Å²) >= 11 is 0. The molecular weight excluding hydrogens is 228 g/mol. The first-order valence-electron chi connectivity index (χ1n) is 5.85. The maximum Gasteiger partial charge on any atom is 0.212 e. The third-order valence-corrected chi connectivity index (χ3v) is 2.39. The highest BCUT2D eigenvalue weighted by molar-refractivity contribution is 6.07. The highest BCUT2D eigenvalue weighted by atomic mass is 16.5. The first-order chi connectivity index (χ1) is 8.81. The van der Waals surface area contributed by atoms with Gasteiger partial charge in [0.05, 0.1) is 12.8 Å². The van der Waals surface area contributed by atoms with Crippen LogP contribution in [0.25, 0.3) is 0 Å². The van der Waals surface area contributed by atoms with E-state index in [1.807, 2.05) is 6.92 Å². The summed E-state index contributed by atoms with van der Waals surface area (Å²) in [7, 11) is 0. The minimum atomic E-state index is -0.134. The minimum Gasteiger partial charge on any atom is -0.494 e. The van der Waals surface area contributed by atoms with Gasteiger partial charge < -0.3 is 4.74 Å². The Balaban J connectivity index is 2.12. The second kappa shape index (κ2) is 5.91. The molecule has 0 saturated carbocycles. The molecule has 1 aromatic carbocycles. The first-order valence-corrected chi connectivity index (χ1v) is 5.85. The molecule has 4 nitrogen and oxygen atoms in total. The average Bonchev–Trinajstić information content (AvgIpc) is 2.46. The molecule has 0 saturated heterocycles. The zero-order chi connectivity index (χ0) is 12.8. The number of nitrogens with zero attached hydrogens (tertiary/aromatic N) is 2. The Kier molecular flexibility index (Phi) is 4.02. The number of aromatic nitrogens is 2. The number of rotatable bonds is 5. The summed E-state index contributed by atoms with van der Waals surface area (Å²) in [5, 5.41) is 0. The number of hydrogen-bond donors (Lipinski definition) is 0. The predicted molar refractivity (Wildman–Crippen MR) is 67.7 cm³/mol. The molecule has 0 bridgehead atoms. The van der Waals surface area contributed by atoms with Gasteiger partial charge in [-0.3, -0.25) is 9.78 Å². The molecular formula is C14H14N2O2. The van der Waals surface area contributed by atoms with Gasteiger partial charge in [-0.1, -0.05) is 6.92 Å². The van der Waals surface area contributed by atoms with Crippen molar-refractivity contribution in [2.75, 3.05) is 6.61 Å². The number of benzene rings is 1. The van der Waals surface area contributed by atoms with E-state index < -0.39 is 0 Å². The number of hydrogen-bond acceptors (Lipinski definition) is 4. The van der Waals surface area contributed by atoms with Gasteiger partial charge in [0.1, 0.15) is 11.4 Å². The highest BCUT2D eigenvalue weighted by Crippen LogP contribution is 2.14. The van der Waals surface area contributed by atoms with Gasteiger partial charge >= 0.3 is 0 Å². The lowest BCUT2D eigenvalue weighted by Crippen LogP contribution is -2.04. The smallest absolute Gasteiger partial charge is 0.212 e. The molecule has 2 rings (SSSR count). The Morgan fingerprint density at radius 3 is 2.61 bits per heavy atom. The van der Waals surface area contributed by atoms with Crippen LogP contribution in [0, 0.1) is 0 Å². The lowest BCUT2D eigenvalue weighted by atomic mass is 10.1. The molecule has 1 heterocycles. The van der Waals surface area contributed by atoms with E-state index in [1.165, 1.54) is 12.4 Å². The van der Waals surface area contributed by atoms with Crippen molar-refractivity contribution in [3.8, 4) is 5.75 Å². The molecule has 0 atom stereocenters. The average molecular weight is 242 g/mol. The predicted octanol–water partition coefficient (Wildman–Crippen LogP) is 2.50. The Labute approximate surface area is 106 Å². The molecule has 0 unspecified atom stereocenters. The molecule has 0 aliphatic carbocycles. The van der Waals surface area contributed by atoms with Gasteiger partial charge in [0.2, 0.25) is 5.78 Å². The Morgan fingerprint density at radius 1 is 1.22 bits per heavy atom. The van der Waals surface area contributed by atoms with Crippen molar-refractivity contribution in [2.45, 2.75) is 13.3 Å². The zero-order valence-electron chi connectivity index (χ0n) is 10.2. The van der Waals surface area contributed by atoms with E-state index in [9.17, 15) is 4.79 Å². The van der Waals surface area contributed by atoms with Crippen LogP contribution in [0.3, 0.4) is 0 Å². The lowest BCUT2D eigenvalue weighted by molar-refractivity contribution is 0.103. The summed E-state index contributed by atoms with van der Waals surface area (Å²) in [4.78, 5) is 19.9. The number of carbonyl (C=O) groups is 1. The minimum absolute atomic E-state index is 0.134. The Bertz CT molecular complexity index is 509. The molecule has 0 radical (unpaired) electrons. The van der Waals surface area contributed by atoms with Crippen LogP contribution in [0.15, 0.2) is 42.9 Å². The molecule has 0 amide bonds. The summed E-state index contributed by atoms with van der Waals surface area (Å²) in [5.41, 5.74) is 0.930. The lowest BCUT2D eigenvalue weighted by Gasteiger charge is -2.05. The second-order valence-corrected chi connectivity index (χ2v) is 3.79. The van der Waals surface area contributed by atoms with Gasteiger partial charge in [-0.05, 0) is 30.7 Å². The first kappa shape index (κ1) is 12.2. The molecule has 0 aliphatic heterocycles. The highest BCUT2D eigenvalue weighted by Gasteiger charge is 2.10. The van der Waals surface area contributed by atoms with Gasteiger partial charge in [0.15, 0.2) is 0 Å². The molecule has 2 aromatic rings. The number of ether oxygens (including phenoxy) is 1. The van der Waals surface area contributed by atoms with Crippen LogP contribution in [0.5, 0.6) is 5.75 Å². The van der Waals surface area contributed by atoms with Crippen LogP contribution >= 0.6 is 0 Å². The molecule has 0 fully saturated rings. The maximum absolute atomic E-state index is 12.0. The largest absolute Gasteiger partial charge is 0.494 e. The normalized spacial score (nSPS) is 10.1. The van der Waals surface area contributed by atoms with Crippen molar-refractivity contribution >= 4 is 5.78 Å². The van der Waals surface area contributed by atoms with Crippen LogP contribution in [0.4, 0.5) is 0 Å². The van der Waals surface area contributed by atoms with E-state index in [-0.39, 0.29) is 5.78 Å².